The Hall–Kier alpha value is -0.920. The maximum absolute atomic E-state index is 12.4. The highest BCUT2D eigenvalue weighted by molar-refractivity contribution is 7.92. The summed E-state index contributed by atoms with van der Waals surface area (Å²) in [6.45, 7) is 0.231. The SMILES string of the molecule is Cn1cc(S(=O)(=O)Nc2c(Cl)cc(Cl)cc2Cl)cc1CN. The molecular formula is C12H12Cl3N3O2S. The van der Waals surface area contributed by atoms with Gasteiger partial charge >= 0.3 is 0 Å². The summed E-state index contributed by atoms with van der Waals surface area (Å²) >= 11 is 17.7. The van der Waals surface area contributed by atoms with Crippen LogP contribution < -0.4 is 10.5 Å². The number of nitrogens with one attached hydrogen (secondary N) is 1. The summed E-state index contributed by atoms with van der Waals surface area (Å²) in [4.78, 5) is 0.0764. The number of rotatable bonds is 4. The maximum Gasteiger partial charge on any atom is 0.263 e. The van der Waals surface area contributed by atoms with Gasteiger partial charge in [-0.1, -0.05) is 34.8 Å². The molecule has 3 N–H and O–H groups in total. The Balaban J connectivity index is 2.42. The third-order valence-electron chi connectivity index (χ3n) is 2.85. The van der Waals surface area contributed by atoms with E-state index in [1.807, 2.05) is 0 Å². The number of nitrogens with two attached hydrogens (primary N) is 1. The van der Waals surface area contributed by atoms with Gasteiger partial charge < -0.3 is 10.3 Å². The highest BCUT2D eigenvalue weighted by atomic mass is 35.5. The molecule has 2 rings (SSSR count). The number of nitrogens with zero attached hydrogens (tertiary/aromatic N) is 1. The number of halogens is 3. The van der Waals surface area contributed by atoms with E-state index >= 15 is 0 Å². The quantitative estimate of drug-likeness (QED) is 0.869. The van der Waals surface area contributed by atoms with Crippen LogP contribution >= 0.6 is 34.8 Å². The number of anilines is 1. The van der Waals surface area contributed by atoms with Crippen LogP contribution in [0.15, 0.2) is 29.3 Å². The molecule has 0 spiro atoms. The van der Waals surface area contributed by atoms with Gasteiger partial charge in [-0.25, -0.2) is 8.42 Å². The van der Waals surface area contributed by atoms with Crippen molar-refractivity contribution in [1.29, 1.82) is 0 Å². The van der Waals surface area contributed by atoms with Crippen LogP contribution in [0.4, 0.5) is 5.69 Å². The van der Waals surface area contributed by atoms with Crippen LogP contribution in [0.5, 0.6) is 0 Å². The summed E-state index contributed by atoms with van der Waals surface area (Å²) in [5.41, 5.74) is 6.30. The zero-order valence-corrected chi connectivity index (χ0v) is 14.0. The molecule has 2 aromatic rings. The number of benzene rings is 1. The van der Waals surface area contributed by atoms with Crippen LogP contribution in [0, 0.1) is 0 Å². The zero-order chi connectivity index (χ0) is 15.8. The first kappa shape index (κ1) is 16.5. The number of aryl methyl sites for hydroxylation is 1. The van der Waals surface area contributed by atoms with Gasteiger partial charge in [0.2, 0.25) is 0 Å². The van der Waals surface area contributed by atoms with Gasteiger partial charge in [-0.3, -0.25) is 4.72 Å². The lowest BCUT2D eigenvalue weighted by Crippen LogP contribution is -2.13. The Kier molecular flexibility index (Phi) is 4.75. The first-order chi connectivity index (χ1) is 9.74. The minimum absolute atomic E-state index is 0.0764. The van der Waals surface area contributed by atoms with Crippen LogP contribution in [0.25, 0.3) is 0 Å². The van der Waals surface area contributed by atoms with Crippen molar-refractivity contribution < 1.29 is 8.42 Å². The molecule has 0 amide bonds. The fourth-order valence-corrected chi connectivity index (χ4v) is 3.98. The molecule has 1 heterocycles. The summed E-state index contributed by atoms with van der Waals surface area (Å²) in [5.74, 6) is 0. The third kappa shape index (κ3) is 3.46. The molecule has 0 fully saturated rings. The van der Waals surface area contributed by atoms with Crippen LogP contribution in [0.3, 0.4) is 0 Å². The van der Waals surface area contributed by atoms with Crippen LogP contribution in [0.1, 0.15) is 5.69 Å². The summed E-state index contributed by atoms with van der Waals surface area (Å²) in [7, 11) is -2.11. The Morgan fingerprint density at radius 1 is 1.19 bits per heavy atom. The van der Waals surface area contributed by atoms with Gasteiger partial charge in [0, 0.05) is 30.5 Å². The Bertz CT molecular complexity index is 764. The highest BCUT2D eigenvalue weighted by Gasteiger charge is 2.20. The number of sulfonamides is 1. The predicted molar refractivity (Wildman–Crippen MR) is 85.6 cm³/mol. The molecule has 0 aliphatic carbocycles. The van der Waals surface area contributed by atoms with E-state index in [0.29, 0.717) is 10.7 Å². The van der Waals surface area contributed by atoms with E-state index in [9.17, 15) is 8.42 Å². The van der Waals surface area contributed by atoms with E-state index in [-0.39, 0.29) is 27.2 Å². The van der Waals surface area contributed by atoms with E-state index < -0.39 is 10.0 Å². The van der Waals surface area contributed by atoms with Crippen molar-refractivity contribution in [3.63, 3.8) is 0 Å². The van der Waals surface area contributed by atoms with Gasteiger partial charge in [0.1, 0.15) is 4.90 Å². The smallest absolute Gasteiger partial charge is 0.263 e. The largest absolute Gasteiger partial charge is 0.352 e. The fourth-order valence-electron chi connectivity index (χ4n) is 1.76. The summed E-state index contributed by atoms with van der Waals surface area (Å²) < 4.78 is 28.7. The molecule has 0 aliphatic heterocycles. The minimum atomic E-state index is -3.82. The zero-order valence-electron chi connectivity index (χ0n) is 10.9. The number of hydrogen-bond acceptors (Lipinski definition) is 3. The molecule has 0 unspecified atom stereocenters. The second kappa shape index (κ2) is 6.06. The minimum Gasteiger partial charge on any atom is -0.352 e. The van der Waals surface area contributed by atoms with E-state index in [0.717, 1.165) is 0 Å². The molecule has 0 bridgehead atoms. The summed E-state index contributed by atoms with van der Waals surface area (Å²) in [5, 5.41) is 0.551. The first-order valence-electron chi connectivity index (χ1n) is 5.77. The molecule has 0 saturated carbocycles. The van der Waals surface area contributed by atoms with Crippen LogP contribution in [-0.2, 0) is 23.6 Å². The molecule has 0 aliphatic rings. The van der Waals surface area contributed by atoms with Crippen molar-refractivity contribution >= 4 is 50.5 Å². The van der Waals surface area contributed by atoms with Gasteiger partial charge in [-0.15, -0.1) is 0 Å². The number of hydrogen-bond donors (Lipinski definition) is 2. The molecule has 9 heteroatoms. The van der Waals surface area contributed by atoms with Crippen molar-refractivity contribution in [2.45, 2.75) is 11.4 Å². The van der Waals surface area contributed by atoms with Gasteiger partial charge in [0.15, 0.2) is 0 Å². The lowest BCUT2D eigenvalue weighted by molar-refractivity contribution is 0.601. The number of aromatic nitrogens is 1. The van der Waals surface area contributed by atoms with E-state index in [1.165, 1.54) is 24.4 Å². The van der Waals surface area contributed by atoms with Crippen molar-refractivity contribution in [3.05, 3.63) is 45.2 Å². The van der Waals surface area contributed by atoms with Crippen molar-refractivity contribution in [3.8, 4) is 0 Å². The lowest BCUT2D eigenvalue weighted by Gasteiger charge is -2.10. The molecule has 21 heavy (non-hydrogen) atoms. The Morgan fingerprint density at radius 2 is 1.76 bits per heavy atom. The maximum atomic E-state index is 12.4. The highest BCUT2D eigenvalue weighted by Crippen LogP contribution is 2.35. The van der Waals surface area contributed by atoms with Crippen molar-refractivity contribution in [2.24, 2.45) is 12.8 Å². The molecule has 5 nitrogen and oxygen atoms in total. The fraction of sp³-hybridized carbons (Fsp3) is 0.167. The van der Waals surface area contributed by atoms with Crippen molar-refractivity contribution in [2.75, 3.05) is 4.72 Å². The van der Waals surface area contributed by atoms with Gasteiger partial charge in [-0.2, -0.15) is 0 Å². The molecule has 1 aromatic heterocycles. The molecule has 1 aromatic carbocycles. The monoisotopic (exact) mass is 367 g/mol. The molecule has 114 valence electrons. The van der Waals surface area contributed by atoms with E-state index in [1.54, 1.807) is 11.6 Å². The summed E-state index contributed by atoms with van der Waals surface area (Å²) in [6, 6.07) is 4.30. The molecule has 0 saturated heterocycles. The Labute approximate surface area is 137 Å². The lowest BCUT2D eigenvalue weighted by atomic mass is 10.3. The van der Waals surface area contributed by atoms with Gasteiger partial charge in [0.25, 0.3) is 10.0 Å². The van der Waals surface area contributed by atoms with E-state index in [2.05, 4.69) is 4.72 Å². The molecule has 0 atom stereocenters. The standard InChI is InChI=1S/C12H12Cl3N3O2S/c1-18-6-9(4-8(18)5-16)21(19,20)17-12-10(14)2-7(13)3-11(12)15/h2-4,6,17H,5,16H2,1H3. The van der Waals surface area contributed by atoms with Crippen molar-refractivity contribution in [1.82, 2.24) is 4.57 Å². The Morgan fingerprint density at radius 3 is 2.24 bits per heavy atom. The average Bonchev–Trinajstić information content (AvgIpc) is 2.76. The van der Waals surface area contributed by atoms with Gasteiger partial charge in [-0.05, 0) is 18.2 Å². The van der Waals surface area contributed by atoms with Gasteiger partial charge in [0.05, 0.1) is 15.7 Å². The molecule has 0 radical (unpaired) electrons. The first-order valence-corrected chi connectivity index (χ1v) is 8.39. The third-order valence-corrected chi connectivity index (χ3v) is 4.98. The normalized spacial score (nSPS) is 11.7. The second-order valence-corrected chi connectivity index (χ2v) is 7.27. The van der Waals surface area contributed by atoms with E-state index in [4.69, 9.17) is 40.5 Å². The predicted octanol–water partition coefficient (Wildman–Crippen LogP) is 3.24. The second-order valence-electron chi connectivity index (χ2n) is 4.33. The van der Waals surface area contributed by atoms with Crippen LogP contribution in [0.2, 0.25) is 15.1 Å². The average molecular weight is 369 g/mol. The molecular weight excluding hydrogens is 357 g/mol. The topological polar surface area (TPSA) is 77.1 Å². The van der Waals surface area contributed by atoms with Crippen LogP contribution in [-0.4, -0.2) is 13.0 Å². The summed E-state index contributed by atoms with van der Waals surface area (Å²) in [6.07, 6.45) is 1.46.